The van der Waals surface area contributed by atoms with Crippen LogP contribution in [0.4, 0.5) is 0 Å². The Morgan fingerprint density at radius 3 is 2.80 bits per heavy atom. The highest BCUT2D eigenvalue weighted by molar-refractivity contribution is 6.30. The van der Waals surface area contributed by atoms with Crippen molar-refractivity contribution < 1.29 is 4.74 Å². The van der Waals surface area contributed by atoms with Gasteiger partial charge in [0.1, 0.15) is 12.4 Å². The van der Waals surface area contributed by atoms with E-state index in [0.717, 1.165) is 16.9 Å². The molecule has 0 aliphatic carbocycles. The van der Waals surface area contributed by atoms with E-state index in [-0.39, 0.29) is 0 Å². The molecule has 1 aromatic heterocycles. The van der Waals surface area contributed by atoms with Gasteiger partial charge >= 0.3 is 0 Å². The molecule has 1 heterocycles. The van der Waals surface area contributed by atoms with E-state index < -0.39 is 0 Å². The fourth-order valence-corrected chi connectivity index (χ4v) is 2.02. The zero-order chi connectivity index (χ0) is 13.8. The Morgan fingerprint density at radius 2 is 2.00 bits per heavy atom. The van der Waals surface area contributed by atoms with E-state index in [1.807, 2.05) is 48.5 Å². The van der Waals surface area contributed by atoms with Gasteiger partial charge in [-0.05, 0) is 35.0 Å². The number of hydrogen-bond acceptors (Lipinski definition) is 4. The lowest BCUT2D eigenvalue weighted by molar-refractivity contribution is 0.306. The van der Waals surface area contributed by atoms with Gasteiger partial charge in [-0.15, -0.1) is 10.2 Å². The first-order valence-electron chi connectivity index (χ1n) is 6.02. The zero-order valence-corrected chi connectivity index (χ0v) is 11.2. The SMILES string of the molecule is Clc1cccc(COc2cccc(-c3nn[nH]n3)c2)c1. The van der Waals surface area contributed by atoms with Crippen LogP contribution in [-0.2, 0) is 6.61 Å². The molecule has 3 rings (SSSR count). The van der Waals surface area contributed by atoms with E-state index in [4.69, 9.17) is 16.3 Å². The monoisotopic (exact) mass is 286 g/mol. The Morgan fingerprint density at radius 1 is 1.10 bits per heavy atom. The summed E-state index contributed by atoms with van der Waals surface area (Å²) in [7, 11) is 0. The Kier molecular flexibility index (Phi) is 3.60. The zero-order valence-electron chi connectivity index (χ0n) is 10.5. The van der Waals surface area contributed by atoms with E-state index in [0.29, 0.717) is 17.5 Å². The largest absolute Gasteiger partial charge is 0.489 e. The number of nitrogens with zero attached hydrogens (tertiary/aromatic N) is 3. The number of hydrogen-bond donors (Lipinski definition) is 1. The quantitative estimate of drug-likeness (QED) is 0.800. The predicted molar refractivity (Wildman–Crippen MR) is 75.4 cm³/mol. The fraction of sp³-hybridized carbons (Fsp3) is 0.0714. The van der Waals surface area contributed by atoms with Crippen molar-refractivity contribution in [3.63, 3.8) is 0 Å². The van der Waals surface area contributed by atoms with Gasteiger partial charge < -0.3 is 4.74 Å². The molecular formula is C14H11ClN4O. The number of ether oxygens (including phenoxy) is 1. The Labute approximate surface area is 120 Å². The van der Waals surface area contributed by atoms with E-state index >= 15 is 0 Å². The first kappa shape index (κ1) is 12.6. The minimum atomic E-state index is 0.455. The maximum Gasteiger partial charge on any atom is 0.204 e. The summed E-state index contributed by atoms with van der Waals surface area (Å²) in [5.74, 6) is 1.28. The van der Waals surface area contributed by atoms with Gasteiger partial charge in [0.25, 0.3) is 0 Å². The maximum absolute atomic E-state index is 5.94. The van der Waals surface area contributed by atoms with Crippen LogP contribution >= 0.6 is 11.6 Å². The van der Waals surface area contributed by atoms with Gasteiger partial charge in [0.05, 0.1) is 0 Å². The Bertz CT molecular complexity index is 700. The number of nitrogens with one attached hydrogen (secondary N) is 1. The van der Waals surface area contributed by atoms with E-state index in [1.54, 1.807) is 0 Å². The van der Waals surface area contributed by atoms with E-state index in [9.17, 15) is 0 Å². The van der Waals surface area contributed by atoms with Crippen LogP contribution in [0.25, 0.3) is 11.4 Å². The molecule has 3 aromatic rings. The lowest BCUT2D eigenvalue weighted by Gasteiger charge is -2.07. The summed E-state index contributed by atoms with van der Waals surface area (Å²) in [4.78, 5) is 0. The molecule has 20 heavy (non-hydrogen) atoms. The molecule has 0 atom stereocenters. The molecule has 0 saturated carbocycles. The molecule has 0 spiro atoms. The predicted octanol–water partition coefficient (Wildman–Crippen LogP) is 3.10. The Hall–Kier alpha value is -2.40. The summed E-state index contributed by atoms with van der Waals surface area (Å²) < 4.78 is 5.74. The van der Waals surface area contributed by atoms with Gasteiger partial charge in [-0.2, -0.15) is 5.21 Å². The van der Waals surface area contributed by atoms with Crippen molar-refractivity contribution in [1.29, 1.82) is 0 Å². The van der Waals surface area contributed by atoms with Crippen molar-refractivity contribution in [1.82, 2.24) is 20.6 Å². The fourth-order valence-electron chi connectivity index (χ4n) is 1.80. The van der Waals surface area contributed by atoms with Crippen molar-refractivity contribution in [3.8, 4) is 17.1 Å². The number of halogens is 1. The maximum atomic E-state index is 5.94. The average molecular weight is 287 g/mol. The summed E-state index contributed by atoms with van der Waals surface area (Å²) >= 11 is 5.94. The molecule has 2 aromatic carbocycles. The van der Waals surface area contributed by atoms with Gasteiger partial charge in [0, 0.05) is 10.6 Å². The van der Waals surface area contributed by atoms with Crippen LogP contribution in [0, 0.1) is 0 Å². The first-order valence-corrected chi connectivity index (χ1v) is 6.40. The van der Waals surface area contributed by atoms with Crippen LogP contribution < -0.4 is 4.74 Å². The van der Waals surface area contributed by atoms with E-state index in [1.165, 1.54) is 0 Å². The molecule has 0 aliphatic rings. The molecule has 0 bridgehead atoms. The molecule has 0 amide bonds. The number of benzene rings is 2. The van der Waals surface area contributed by atoms with Crippen LogP contribution in [0.3, 0.4) is 0 Å². The van der Waals surface area contributed by atoms with Crippen LogP contribution in [-0.4, -0.2) is 20.6 Å². The highest BCUT2D eigenvalue weighted by Gasteiger charge is 2.04. The van der Waals surface area contributed by atoms with Gasteiger partial charge in [0.2, 0.25) is 5.82 Å². The molecule has 0 fully saturated rings. The molecule has 0 unspecified atom stereocenters. The minimum Gasteiger partial charge on any atom is -0.489 e. The number of aromatic nitrogens is 4. The topological polar surface area (TPSA) is 63.7 Å². The second-order valence-electron chi connectivity index (χ2n) is 4.18. The Balaban J connectivity index is 1.73. The highest BCUT2D eigenvalue weighted by atomic mass is 35.5. The third-order valence-corrected chi connectivity index (χ3v) is 2.97. The summed E-state index contributed by atoms with van der Waals surface area (Å²) in [6.45, 7) is 0.455. The normalized spacial score (nSPS) is 10.4. The number of aromatic amines is 1. The van der Waals surface area contributed by atoms with Crippen molar-refractivity contribution in [3.05, 3.63) is 59.1 Å². The third kappa shape index (κ3) is 2.95. The van der Waals surface area contributed by atoms with Crippen LogP contribution in [0.15, 0.2) is 48.5 Å². The number of tetrazole rings is 1. The van der Waals surface area contributed by atoms with Crippen molar-refractivity contribution in [2.45, 2.75) is 6.61 Å². The van der Waals surface area contributed by atoms with Gasteiger partial charge in [-0.3, -0.25) is 0 Å². The molecular weight excluding hydrogens is 276 g/mol. The van der Waals surface area contributed by atoms with Crippen molar-refractivity contribution in [2.75, 3.05) is 0 Å². The summed E-state index contributed by atoms with van der Waals surface area (Å²) in [5, 5.41) is 14.5. The number of rotatable bonds is 4. The molecule has 0 saturated heterocycles. The van der Waals surface area contributed by atoms with Gasteiger partial charge in [0.15, 0.2) is 0 Å². The highest BCUT2D eigenvalue weighted by Crippen LogP contribution is 2.21. The average Bonchev–Trinajstić information content (AvgIpc) is 3.00. The van der Waals surface area contributed by atoms with Crippen molar-refractivity contribution in [2.24, 2.45) is 0 Å². The smallest absolute Gasteiger partial charge is 0.204 e. The molecule has 100 valence electrons. The van der Waals surface area contributed by atoms with Gasteiger partial charge in [-0.25, -0.2) is 0 Å². The molecule has 5 nitrogen and oxygen atoms in total. The number of H-pyrrole nitrogens is 1. The summed E-state index contributed by atoms with van der Waals surface area (Å²) in [5.41, 5.74) is 1.87. The molecule has 0 aliphatic heterocycles. The first-order chi connectivity index (χ1) is 9.81. The van der Waals surface area contributed by atoms with E-state index in [2.05, 4.69) is 20.6 Å². The summed E-state index contributed by atoms with van der Waals surface area (Å²) in [6.07, 6.45) is 0. The van der Waals surface area contributed by atoms with Gasteiger partial charge in [-0.1, -0.05) is 35.9 Å². The third-order valence-electron chi connectivity index (χ3n) is 2.73. The second-order valence-corrected chi connectivity index (χ2v) is 4.62. The molecule has 0 radical (unpaired) electrons. The summed E-state index contributed by atoms with van der Waals surface area (Å²) in [6, 6.07) is 15.1. The van der Waals surface area contributed by atoms with Crippen LogP contribution in [0.1, 0.15) is 5.56 Å². The lowest BCUT2D eigenvalue weighted by Crippen LogP contribution is -1.95. The van der Waals surface area contributed by atoms with Crippen molar-refractivity contribution >= 4 is 11.6 Å². The molecule has 6 heteroatoms. The molecule has 1 N–H and O–H groups in total. The minimum absolute atomic E-state index is 0.455. The van der Waals surface area contributed by atoms with Crippen LogP contribution in [0.2, 0.25) is 5.02 Å². The lowest BCUT2D eigenvalue weighted by atomic mass is 10.2. The standard InChI is InChI=1S/C14H11ClN4O/c15-12-5-1-3-10(7-12)9-20-13-6-2-4-11(8-13)14-16-18-19-17-14/h1-8H,9H2,(H,16,17,18,19). The second kappa shape index (κ2) is 5.71. The van der Waals surface area contributed by atoms with Crippen LogP contribution in [0.5, 0.6) is 5.75 Å².